The van der Waals surface area contributed by atoms with E-state index in [0.717, 1.165) is 144 Å². The van der Waals surface area contributed by atoms with Crippen molar-refractivity contribution < 1.29 is 43.8 Å². The molecule has 3 unspecified atom stereocenters. The van der Waals surface area contributed by atoms with Crippen molar-refractivity contribution in [2.45, 2.75) is 454 Å². The second-order valence-electron chi connectivity index (χ2n) is 43.7. The first kappa shape index (κ1) is 99.6. The first-order chi connectivity index (χ1) is 53.6. The summed E-state index contributed by atoms with van der Waals surface area (Å²) in [6.45, 7) is 30.6. The summed E-state index contributed by atoms with van der Waals surface area (Å²) in [5, 5.41) is 31.4. The van der Waals surface area contributed by atoms with Crippen molar-refractivity contribution in [1.29, 1.82) is 0 Å². The van der Waals surface area contributed by atoms with Gasteiger partial charge in [-0.25, -0.2) is 0 Å². The van der Waals surface area contributed by atoms with Crippen molar-refractivity contribution in [3.63, 3.8) is 0 Å². The molecule has 0 radical (unpaired) electrons. The van der Waals surface area contributed by atoms with E-state index in [1.165, 1.54) is 334 Å². The summed E-state index contributed by atoms with van der Waals surface area (Å²) in [5.41, 5.74) is 2.83. The maximum absolute atomic E-state index is 11.9. The Hall–Kier alpha value is -2.17. The Morgan fingerprint density at radius 2 is 0.664 bits per heavy atom. The second-order valence-corrected chi connectivity index (χ2v) is 48.5. The van der Waals surface area contributed by atoms with Crippen LogP contribution in [0.5, 0.6) is 0 Å². The van der Waals surface area contributed by atoms with Crippen LogP contribution in [0.15, 0.2) is 0 Å². The monoisotopic (exact) mass is 1570 g/mol. The number of aliphatic hydroxyl groups excluding tert-OH is 3. The van der Waals surface area contributed by atoms with E-state index in [1.807, 2.05) is 6.92 Å². The van der Waals surface area contributed by atoms with E-state index in [1.54, 1.807) is 6.92 Å². The van der Waals surface area contributed by atoms with E-state index in [0.29, 0.717) is 0 Å². The summed E-state index contributed by atoms with van der Waals surface area (Å²) >= 11 is 0. The number of hydrogen-bond acceptors (Lipinski definition) is 5. The first-order valence-electron chi connectivity index (χ1n) is 48.8. The van der Waals surface area contributed by atoms with Gasteiger partial charge in [0, 0.05) is 21.7 Å². The Balaban J connectivity index is 0.000000226. The van der Waals surface area contributed by atoms with Gasteiger partial charge in [-0.2, -0.15) is 0 Å². The van der Waals surface area contributed by atoms with E-state index >= 15 is 0 Å². The zero-order valence-electron chi connectivity index (χ0n) is 76.6. The van der Waals surface area contributed by atoms with Crippen molar-refractivity contribution in [3.8, 4) is 53.4 Å². The van der Waals surface area contributed by atoms with Gasteiger partial charge in [0.1, 0.15) is 30.9 Å². The molecule has 636 valence electrons. The number of aliphatic hydroxyl groups is 3. The molecular weight excluding hydrogens is 1390 g/mol. The third kappa shape index (κ3) is 34.0. The zero-order valence-corrected chi connectivity index (χ0v) is 77.6. The number of carbonyl (C=O) groups excluding carboxylic acids is 2. The molecule has 0 aromatic rings. The SMILES string of the molecule is C#CC(O)C1(CC2CCC(C)CC2)CCC(C2CCC(C)CC2)CC1.CC#CC#CC1(CCC2CCC(C)CC2)CCC(C2CCC(C)CC2)CC1.CC(O)C#CC(O)C1(CC2CCC(C)CC2)CCC(C2CCC(C)CC2)CC1.CC1CCC(CC2(C=O)CCC(C3CCC(C)CC3)CC2)CC1.CC=O.[C-]#C[Si](C)(C)C.[Li+]. The predicted molar refractivity (Wildman–Crippen MR) is 479 cm³/mol. The fourth-order valence-corrected chi connectivity index (χ4v) is 24.9. The molecule has 5 nitrogen and oxygen atoms in total. The maximum atomic E-state index is 11.9. The van der Waals surface area contributed by atoms with Crippen molar-refractivity contribution in [1.82, 2.24) is 0 Å². The standard InChI is InChI=1S/C27H42.C26H44O2.C24H40O.C22H38O.C5H9Si.C2H4O.Li/c1-4-5-6-18-27(19-15-24-11-7-22(2)8-12-24)20-16-26(17-21-27)25-13-9-23(3)10-14-25;1-19-4-9-22(10-5-19)18-26(25(28)13-8-21(3)27)16-14-24(15-17-26)23-11-6-20(2)7-12-23;1-4-23(25)24(17-20-9-5-18(2)6-10-20)15-13-22(14-16-24)21-11-7-19(3)8-12-21;1-17-3-7-19(8-4-17)15-22(16-23)13-11-21(12-14-22)20-9-5-18(2)6-10-20;1-5-6(2,3)4;1-2-3;/h22-26H,7-17,19-21H2,1-3H3;19-25,27-28H,4-7,9-12,14-18H2,1-3H3;1,18-23,25H,5-17H2,2-3H3;16-21H,3-15H2,1-2H3;2-4H3;2H,1H3;/q;;;;-1;;+1. The molecule has 0 saturated heterocycles. The van der Waals surface area contributed by atoms with Gasteiger partial charge in [0.15, 0.2) is 0 Å². The number of carbonyl (C=O) groups is 2. The van der Waals surface area contributed by atoms with Gasteiger partial charge in [0.2, 0.25) is 0 Å². The molecule has 0 heterocycles. The van der Waals surface area contributed by atoms with Crippen LogP contribution in [-0.2, 0) is 9.59 Å². The normalized spacial score (nSPS) is 39.4. The minimum Gasteiger partial charge on any atom is -0.701 e. The molecule has 0 aromatic heterocycles. The average molecular weight is 1570 g/mol. The van der Waals surface area contributed by atoms with Crippen molar-refractivity contribution in [3.05, 3.63) is 6.42 Å². The Kier molecular flexibility index (Phi) is 44.9. The molecule has 113 heavy (non-hydrogen) atoms. The van der Waals surface area contributed by atoms with Crippen LogP contribution >= 0.6 is 0 Å². The Morgan fingerprint density at radius 1 is 0.398 bits per heavy atom. The fraction of sp³-hybridized carbons (Fsp3) is 0.887. The van der Waals surface area contributed by atoms with Crippen LogP contribution in [0, 0.1) is 200 Å². The molecule has 7 heteroatoms. The number of aldehydes is 2. The third-order valence-corrected chi connectivity index (χ3v) is 34.3. The largest absolute Gasteiger partial charge is 1.00 e. The molecule has 12 rings (SSSR count). The van der Waals surface area contributed by atoms with Crippen molar-refractivity contribution >= 4 is 20.6 Å². The summed E-state index contributed by atoms with van der Waals surface area (Å²) < 4.78 is 0. The quantitative estimate of drug-likeness (QED) is 0.0619. The Bertz CT molecular complexity index is 2870. The fourth-order valence-electron chi connectivity index (χ4n) is 24.9. The van der Waals surface area contributed by atoms with Gasteiger partial charge in [-0.3, -0.25) is 0 Å². The van der Waals surface area contributed by atoms with Crippen LogP contribution < -0.4 is 18.9 Å². The maximum Gasteiger partial charge on any atom is 1.00 e. The van der Waals surface area contributed by atoms with Crippen LogP contribution in [0.25, 0.3) is 0 Å². The molecular formula is C106H177LiO5Si. The van der Waals surface area contributed by atoms with E-state index < -0.39 is 26.4 Å². The molecule has 12 saturated carbocycles. The van der Waals surface area contributed by atoms with Gasteiger partial charge in [-0.15, -0.1) is 6.42 Å². The Morgan fingerprint density at radius 3 is 0.947 bits per heavy atom. The Labute approximate surface area is 713 Å². The van der Waals surface area contributed by atoms with Crippen LogP contribution in [0.3, 0.4) is 0 Å². The molecule has 0 aliphatic heterocycles. The van der Waals surface area contributed by atoms with Gasteiger partial charge >= 0.3 is 18.9 Å². The van der Waals surface area contributed by atoms with Crippen LogP contribution in [-0.4, -0.2) is 54.3 Å². The van der Waals surface area contributed by atoms with Crippen LogP contribution in [0.2, 0.25) is 19.6 Å². The zero-order chi connectivity index (χ0) is 81.3. The van der Waals surface area contributed by atoms with Gasteiger partial charge in [0.05, 0.1) is 8.07 Å². The van der Waals surface area contributed by atoms with Gasteiger partial charge < -0.3 is 36.9 Å². The number of rotatable bonds is 16. The van der Waals surface area contributed by atoms with E-state index in [9.17, 15) is 20.1 Å². The van der Waals surface area contributed by atoms with Crippen LogP contribution in [0.4, 0.5) is 0 Å². The third-order valence-electron chi connectivity index (χ3n) is 33.5. The molecule has 12 fully saturated rings. The molecule has 3 N–H and O–H groups in total. The molecule has 0 spiro atoms. The minimum atomic E-state index is -1.21. The van der Waals surface area contributed by atoms with E-state index in [2.05, 4.69) is 122 Å². The van der Waals surface area contributed by atoms with Gasteiger partial charge in [-0.1, -0.05) is 259 Å². The molecule has 0 aromatic carbocycles. The summed E-state index contributed by atoms with van der Waals surface area (Å²) in [7, 11) is -1.21. The van der Waals surface area contributed by atoms with Gasteiger partial charge in [0.25, 0.3) is 0 Å². The van der Waals surface area contributed by atoms with Crippen LogP contribution in [0.1, 0.15) is 416 Å². The molecule has 12 aliphatic rings. The van der Waals surface area contributed by atoms with E-state index in [-0.39, 0.29) is 40.5 Å². The smallest absolute Gasteiger partial charge is 0.701 e. The minimum absolute atomic E-state index is 0. The molecule has 0 amide bonds. The molecule has 3 atom stereocenters. The summed E-state index contributed by atoms with van der Waals surface area (Å²) in [5.74, 6) is 39.9. The van der Waals surface area contributed by atoms with Crippen molar-refractivity contribution in [2.24, 2.45) is 140 Å². The summed E-state index contributed by atoms with van der Waals surface area (Å²) in [4.78, 5) is 20.8. The van der Waals surface area contributed by atoms with Crippen molar-refractivity contribution in [2.75, 3.05) is 0 Å². The average Bonchev–Trinajstić information content (AvgIpc) is 0.796. The molecule has 0 bridgehead atoms. The van der Waals surface area contributed by atoms with E-state index in [4.69, 9.17) is 17.6 Å². The summed E-state index contributed by atoms with van der Waals surface area (Å²) in [6, 6.07) is 0. The molecule has 12 aliphatic carbocycles. The first-order valence-corrected chi connectivity index (χ1v) is 52.3. The summed E-state index contributed by atoms with van der Waals surface area (Å²) in [6.07, 6.45) is 84.6. The predicted octanol–water partition coefficient (Wildman–Crippen LogP) is 24.8. The number of terminal acetylenes is 1. The second kappa shape index (κ2) is 50.9. The van der Waals surface area contributed by atoms with Gasteiger partial charge in [-0.05, 0) is 337 Å². The topological polar surface area (TPSA) is 94.8 Å². The number of hydrogen-bond donors (Lipinski definition) is 3.